The summed E-state index contributed by atoms with van der Waals surface area (Å²) in [5.74, 6) is 0. The van der Waals surface area contributed by atoms with Crippen LogP contribution in [0.3, 0.4) is 0 Å². The Morgan fingerprint density at radius 1 is 1.22 bits per heavy atom. The Balaban J connectivity index is 4.57. The van der Waals surface area contributed by atoms with Crippen molar-refractivity contribution < 1.29 is 26.0 Å². The van der Waals surface area contributed by atoms with Crippen LogP contribution >= 0.6 is 0 Å². The van der Waals surface area contributed by atoms with Gasteiger partial charge in [-0.05, 0) is 0 Å². The van der Waals surface area contributed by atoms with E-state index >= 15 is 0 Å². The Bertz CT molecular complexity index is 177. The smallest absolute Gasteiger partial charge is 0.233 e. The molecule has 0 saturated carbocycles. The maximum atomic E-state index is 11.0. The second-order valence-electron chi connectivity index (χ2n) is 1.17. The van der Waals surface area contributed by atoms with E-state index in [1.165, 1.54) is 0 Å². The highest BCUT2D eigenvalue weighted by atomic mass is 32.2. The summed E-state index contributed by atoms with van der Waals surface area (Å²) in [6.45, 7) is 0. The molecule has 7 heteroatoms. The van der Waals surface area contributed by atoms with E-state index in [2.05, 4.69) is 0 Å². The van der Waals surface area contributed by atoms with Crippen LogP contribution in [0.4, 0.5) is 17.6 Å². The molecule has 0 rings (SSSR count). The molecule has 0 spiro atoms. The van der Waals surface area contributed by atoms with Crippen molar-refractivity contribution in [3.63, 3.8) is 0 Å². The van der Waals surface area contributed by atoms with Crippen LogP contribution in [0, 0.1) is 0 Å². The monoisotopic (exact) mass is 166 g/mol. The lowest BCUT2D eigenvalue weighted by Gasteiger charge is -2.01. The molecule has 0 aromatic rings. The van der Waals surface area contributed by atoms with Crippen molar-refractivity contribution >= 4 is 9.84 Å². The molecule has 0 fully saturated rings. The first-order chi connectivity index (χ1) is 3.81. The zero-order valence-corrected chi connectivity index (χ0v) is 4.76. The first kappa shape index (κ1) is 8.67. The minimum absolute atomic E-state index is 2.39. The first-order valence-corrected chi connectivity index (χ1v) is 3.31. The molecule has 0 saturated heterocycles. The average Bonchev–Trinajstić information content (AvgIpc) is 1.64. The quantitative estimate of drug-likeness (QED) is 0.541. The minimum Gasteiger partial charge on any atom is -0.233 e. The number of sulfone groups is 1. The van der Waals surface area contributed by atoms with Gasteiger partial charge in [-0.3, -0.25) is 0 Å². The van der Waals surface area contributed by atoms with Gasteiger partial charge < -0.3 is 0 Å². The molecule has 0 aliphatic carbocycles. The van der Waals surface area contributed by atoms with Crippen LogP contribution in [-0.2, 0) is 9.84 Å². The van der Waals surface area contributed by atoms with Gasteiger partial charge in [0.05, 0.1) is 0 Å². The Morgan fingerprint density at radius 3 is 1.56 bits per heavy atom. The van der Waals surface area contributed by atoms with Crippen molar-refractivity contribution in [2.45, 2.75) is 5.51 Å². The van der Waals surface area contributed by atoms with E-state index in [-0.39, 0.29) is 0 Å². The Hall–Kier alpha value is -0.330. The van der Waals surface area contributed by atoms with Crippen LogP contribution in [0.25, 0.3) is 0 Å². The van der Waals surface area contributed by atoms with Gasteiger partial charge in [-0.15, -0.1) is 0 Å². The van der Waals surface area contributed by atoms with Gasteiger partial charge in [0, 0.05) is 0 Å². The van der Waals surface area contributed by atoms with Crippen molar-refractivity contribution in [3.8, 4) is 0 Å². The molecule has 56 valence electrons. The average molecular weight is 166 g/mol. The molecule has 0 aliphatic rings. The van der Waals surface area contributed by atoms with Crippen LogP contribution in [-0.4, -0.2) is 19.9 Å². The molecule has 0 aromatic carbocycles. The van der Waals surface area contributed by atoms with Crippen LogP contribution < -0.4 is 0 Å². The number of alkyl halides is 4. The van der Waals surface area contributed by atoms with Gasteiger partial charge in [-0.1, -0.05) is 0 Å². The molecule has 0 atom stereocenters. The van der Waals surface area contributed by atoms with E-state index < -0.39 is 21.4 Å². The van der Waals surface area contributed by atoms with Crippen LogP contribution in [0.2, 0.25) is 0 Å². The maximum absolute atomic E-state index is 11.0. The van der Waals surface area contributed by atoms with Gasteiger partial charge in [-0.2, -0.15) is 13.2 Å². The standard InChI is InChI=1S/C2H2F4O2S/c3-1-9(7,8)2(4,5)6/h1H2. The zero-order chi connectivity index (χ0) is 7.71. The lowest BCUT2D eigenvalue weighted by atomic mass is 11.6. The molecule has 0 bridgehead atoms. The Morgan fingerprint density at radius 2 is 1.56 bits per heavy atom. The fourth-order valence-electron chi connectivity index (χ4n) is 0.0619. The topological polar surface area (TPSA) is 34.1 Å². The molecule has 0 N–H and O–H groups in total. The summed E-state index contributed by atoms with van der Waals surface area (Å²) in [6, 6.07) is -2.39. The van der Waals surface area contributed by atoms with Crippen molar-refractivity contribution in [1.29, 1.82) is 0 Å². The molecule has 0 radical (unpaired) electrons. The molecule has 9 heavy (non-hydrogen) atoms. The molecular formula is C2H2F4O2S. The summed E-state index contributed by atoms with van der Waals surface area (Å²) in [7, 11) is -5.50. The Labute approximate surface area is 48.4 Å². The van der Waals surface area contributed by atoms with Gasteiger partial charge in [-0.25, -0.2) is 12.8 Å². The van der Waals surface area contributed by atoms with Gasteiger partial charge in [0.2, 0.25) is 0 Å². The predicted octanol–water partition coefficient (Wildman–Crippen LogP) is 0.848. The SMILES string of the molecule is O=S(=O)(CF)C(F)(F)F. The van der Waals surface area contributed by atoms with Crippen molar-refractivity contribution in [2.24, 2.45) is 0 Å². The molecule has 2 nitrogen and oxygen atoms in total. The van der Waals surface area contributed by atoms with Gasteiger partial charge in [0.15, 0.2) is 6.01 Å². The molecule has 0 unspecified atom stereocenters. The summed E-state index contributed by atoms with van der Waals surface area (Å²) in [4.78, 5) is 0. The molecule has 0 heterocycles. The summed E-state index contributed by atoms with van der Waals surface area (Å²) in [5.41, 5.74) is -5.46. The van der Waals surface area contributed by atoms with Gasteiger partial charge >= 0.3 is 5.51 Å². The third-order valence-corrected chi connectivity index (χ3v) is 1.49. The predicted molar refractivity (Wildman–Crippen MR) is 20.9 cm³/mol. The summed E-state index contributed by atoms with van der Waals surface area (Å²) in [5, 5.41) is 0. The summed E-state index contributed by atoms with van der Waals surface area (Å²) >= 11 is 0. The highest BCUT2D eigenvalue weighted by molar-refractivity contribution is 7.92. The van der Waals surface area contributed by atoms with Crippen molar-refractivity contribution in [1.82, 2.24) is 0 Å². The summed E-state index contributed by atoms with van der Waals surface area (Å²) < 4.78 is 63.0. The number of hydrogen-bond donors (Lipinski definition) is 0. The first-order valence-electron chi connectivity index (χ1n) is 1.66. The van der Waals surface area contributed by atoms with Gasteiger partial charge in [0.1, 0.15) is 0 Å². The van der Waals surface area contributed by atoms with Gasteiger partial charge in [0.25, 0.3) is 9.84 Å². The van der Waals surface area contributed by atoms with Crippen molar-refractivity contribution in [3.05, 3.63) is 0 Å². The highest BCUT2D eigenvalue weighted by Gasteiger charge is 2.45. The van der Waals surface area contributed by atoms with E-state index in [4.69, 9.17) is 0 Å². The van der Waals surface area contributed by atoms with E-state index in [9.17, 15) is 26.0 Å². The summed E-state index contributed by atoms with van der Waals surface area (Å²) in [6.07, 6.45) is 0. The fourth-order valence-corrected chi connectivity index (χ4v) is 0.186. The van der Waals surface area contributed by atoms with Crippen LogP contribution in [0.1, 0.15) is 0 Å². The van der Waals surface area contributed by atoms with Crippen LogP contribution in [0.5, 0.6) is 0 Å². The minimum atomic E-state index is -5.50. The fraction of sp³-hybridized carbons (Fsp3) is 1.00. The van der Waals surface area contributed by atoms with Crippen molar-refractivity contribution in [2.75, 3.05) is 6.01 Å². The lowest BCUT2D eigenvalue weighted by Crippen LogP contribution is -2.24. The molecule has 0 amide bonds. The highest BCUT2D eigenvalue weighted by Crippen LogP contribution is 2.23. The molecule has 0 aliphatic heterocycles. The van der Waals surface area contributed by atoms with E-state index in [1.807, 2.05) is 0 Å². The number of hydrogen-bond acceptors (Lipinski definition) is 2. The zero-order valence-electron chi connectivity index (χ0n) is 3.94. The van der Waals surface area contributed by atoms with E-state index in [0.29, 0.717) is 0 Å². The maximum Gasteiger partial charge on any atom is 0.499 e. The third-order valence-electron chi connectivity index (χ3n) is 0.496. The van der Waals surface area contributed by atoms with Crippen LogP contribution in [0.15, 0.2) is 0 Å². The Kier molecular flexibility index (Phi) is 2.05. The second-order valence-corrected chi connectivity index (χ2v) is 3.08. The lowest BCUT2D eigenvalue weighted by molar-refractivity contribution is -0.0443. The number of halogens is 4. The number of rotatable bonds is 1. The molecule has 0 aromatic heterocycles. The van der Waals surface area contributed by atoms with E-state index in [0.717, 1.165) is 0 Å². The largest absolute Gasteiger partial charge is 0.499 e. The third kappa shape index (κ3) is 1.81. The normalized spacial score (nSPS) is 13.8. The molecular weight excluding hydrogens is 164 g/mol. The second kappa shape index (κ2) is 2.13. The van der Waals surface area contributed by atoms with E-state index in [1.54, 1.807) is 0 Å².